The van der Waals surface area contributed by atoms with E-state index >= 15 is 0 Å². The second-order valence-electron chi connectivity index (χ2n) is 8.47. The highest BCUT2D eigenvalue weighted by Crippen LogP contribution is 2.38. The number of nitrogens with zero attached hydrogens (tertiary/aromatic N) is 2. The predicted molar refractivity (Wildman–Crippen MR) is 111 cm³/mol. The minimum Gasteiger partial charge on any atom is -0.493 e. The third-order valence-corrected chi connectivity index (χ3v) is 6.79. The number of hydrogen-bond acceptors (Lipinski definition) is 4. The molecule has 0 aromatic heterocycles. The van der Waals surface area contributed by atoms with Crippen molar-refractivity contribution in [3.8, 4) is 5.75 Å². The van der Waals surface area contributed by atoms with Crippen LogP contribution >= 0.6 is 0 Å². The summed E-state index contributed by atoms with van der Waals surface area (Å²) in [6.45, 7) is 3.77. The van der Waals surface area contributed by atoms with Gasteiger partial charge in [-0.15, -0.1) is 0 Å². The topological polar surface area (TPSA) is 53.0 Å². The van der Waals surface area contributed by atoms with Crippen LogP contribution in [0.4, 0.5) is 0 Å². The maximum atomic E-state index is 13.3. The number of carbonyl (C=O) groups is 1. The minimum atomic E-state index is -0.922. The third kappa shape index (κ3) is 3.32. The van der Waals surface area contributed by atoms with E-state index in [1.165, 1.54) is 0 Å². The number of likely N-dealkylation sites (tertiary alicyclic amines) is 2. The molecule has 5 rings (SSSR count). The van der Waals surface area contributed by atoms with Gasteiger partial charge in [0.15, 0.2) is 0 Å². The second kappa shape index (κ2) is 7.47. The first kappa shape index (κ1) is 18.6. The lowest BCUT2D eigenvalue weighted by Gasteiger charge is -2.48. The quantitative estimate of drug-likeness (QED) is 0.873. The van der Waals surface area contributed by atoms with Crippen molar-refractivity contribution in [3.05, 3.63) is 65.2 Å². The second-order valence-corrected chi connectivity index (χ2v) is 8.47. The maximum absolute atomic E-state index is 13.3. The van der Waals surface area contributed by atoms with Crippen LogP contribution in [0.25, 0.3) is 0 Å². The molecule has 2 aromatic carbocycles. The number of amides is 1. The summed E-state index contributed by atoms with van der Waals surface area (Å²) in [6.07, 6.45) is 3.72. The Morgan fingerprint density at radius 2 is 1.86 bits per heavy atom. The van der Waals surface area contributed by atoms with Gasteiger partial charge in [-0.05, 0) is 61.7 Å². The molecule has 5 nitrogen and oxygen atoms in total. The normalized spacial score (nSPS) is 26.9. The van der Waals surface area contributed by atoms with Crippen LogP contribution in [0.1, 0.15) is 40.7 Å². The van der Waals surface area contributed by atoms with E-state index in [0.29, 0.717) is 26.1 Å². The highest BCUT2D eigenvalue weighted by molar-refractivity contribution is 5.94. The Balaban J connectivity index is 1.42. The summed E-state index contributed by atoms with van der Waals surface area (Å²) < 4.78 is 5.57. The molecular weight excluding hydrogens is 364 g/mol. The lowest BCUT2D eigenvalue weighted by Crippen LogP contribution is -2.61. The molecule has 1 amide bonds. The molecule has 29 heavy (non-hydrogen) atoms. The number of rotatable bonds is 3. The van der Waals surface area contributed by atoms with Gasteiger partial charge in [0.2, 0.25) is 0 Å². The molecule has 1 N–H and O–H groups in total. The molecular formula is C24H28N2O3. The van der Waals surface area contributed by atoms with Crippen LogP contribution in [0.2, 0.25) is 0 Å². The highest BCUT2D eigenvalue weighted by atomic mass is 16.5. The summed E-state index contributed by atoms with van der Waals surface area (Å²) >= 11 is 0. The first-order valence-electron chi connectivity index (χ1n) is 10.7. The van der Waals surface area contributed by atoms with Gasteiger partial charge in [0, 0.05) is 25.1 Å². The first-order chi connectivity index (χ1) is 14.1. The molecule has 0 aliphatic carbocycles. The number of hydrogen-bond donors (Lipinski definition) is 1. The van der Waals surface area contributed by atoms with Gasteiger partial charge < -0.3 is 14.7 Å². The van der Waals surface area contributed by atoms with Crippen molar-refractivity contribution in [2.45, 2.75) is 37.3 Å². The Morgan fingerprint density at radius 3 is 2.66 bits per heavy atom. The molecule has 2 atom stereocenters. The zero-order valence-corrected chi connectivity index (χ0v) is 16.7. The van der Waals surface area contributed by atoms with Crippen molar-refractivity contribution in [2.75, 3.05) is 32.8 Å². The summed E-state index contributed by atoms with van der Waals surface area (Å²) in [5.41, 5.74) is 1.87. The smallest absolute Gasteiger partial charge is 0.253 e. The molecule has 3 aliphatic rings. The fourth-order valence-electron chi connectivity index (χ4n) is 5.14. The zero-order chi connectivity index (χ0) is 19.8. The summed E-state index contributed by atoms with van der Waals surface area (Å²) in [5, 5.41) is 11.8. The molecule has 2 fully saturated rings. The molecule has 3 aliphatic heterocycles. The molecule has 0 spiro atoms. The van der Waals surface area contributed by atoms with E-state index in [4.69, 9.17) is 4.74 Å². The molecule has 2 saturated heterocycles. The summed E-state index contributed by atoms with van der Waals surface area (Å²) in [6, 6.07) is 15.7. The van der Waals surface area contributed by atoms with E-state index in [-0.39, 0.29) is 11.9 Å². The van der Waals surface area contributed by atoms with Gasteiger partial charge in [-0.1, -0.05) is 30.3 Å². The van der Waals surface area contributed by atoms with Crippen LogP contribution in [0, 0.1) is 0 Å². The van der Waals surface area contributed by atoms with Gasteiger partial charge in [0.05, 0.1) is 12.6 Å². The van der Waals surface area contributed by atoms with Gasteiger partial charge >= 0.3 is 0 Å². The van der Waals surface area contributed by atoms with Crippen LogP contribution in [-0.2, 0) is 12.0 Å². The standard InChI is InChI=1S/C24H28N2O3/c27-23(19-8-9-21-18(16-19)10-15-29-21)26-14-11-24(28,20-6-2-1-3-7-20)22(17-26)25-12-4-5-13-25/h1-3,6-9,16,22,28H,4-5,10-15,17H2/t22-,24+/m1/s1. The maximum Gasteiger partial charge on any atom is 0.253 e. The molecule has 152 valence electrons. The molecule has 0 saturated carbocycles. The number of fused-ring (bicyclic) bond motifs is 1. The molecule has 0 bridgehead atoms. The Hall–Kier alpha value is -2.37. The van der Waals surface area contributed by atoms with E-state index in [1.54, 1.807) is 0 Å². The van der Waals surface area contributed by atoms with E-state index in [1.807, 2.05) is 53.4 Å². The Labute approximate surface area is 171 Å². The van der Waals surface area contributed by atoms with E-state index in [9.17, 15) is 9.90 Å². The van der Waals surface area contributed by atoms with Crippen molar-refractivity contribution in [1.82, 2.24) is 9.80 Å². The average Bonchev–Trinajstić information content (AvgIpc) is 3.45. The lowest BCUT2D eigenvalue weighted by molar-refractivity contribution is -0.0878. The number of carbonyl (C=O) groups excluding carboxylic acids is 1. The Bertz CT molecular complexity index is 894. The van der Waals surface area contributed by atoms with Gasteiger partial charge in [-0.3, -0.25) is 9.69 Å². The van der Waals surface area contributed by atoms with Gasteiger partial charge in [0.1, 0.15) is 11.4 Å². The predicted octanol–water partition coefficient (Wildman–Crippen LogP) is 2.82. The first-order valence-corrected chi connectivity index (χ1v) is 10.7. The van der Waals surface area contributed by atoms with Crippen molar-refractivity contribution >= 4 is 5.91 Å². The zero-order valence-electron chi connectivity index (χ0n) is 16.7. The van der Waals surface area contributed by atoms with Crippen molar-refractivity contribution < 1.29 is 14.6 Å². The highest BCUT2D eigenvalue weighted by Gasteiger charge is 2.47. The van der Waals surface area contributed by atoms with Gasteiger partial charge in [0.25, 0.3) is 5.91 Å². The fraction of sp³-hybridized carbons (Fsp3) is 0.458. The minimum absolute atomic E-state index is 0.0546. The van der Waals surface area contributed by atoms with E-state index in [2.05, 4.69) is 4.90 Å². The fourth-order valence-corrected chi connectivity index (χ4v) is 5.14. The molecule has 0 unspecified atom stereocenters. The molecule has 2 aromatic rings. The number of aliphatic hydroxyl groups is 1. The number of ether oxygens (including phenoxy) is 1. The largest absolute Gasteiger partial charge is 0.493 e. The number of benzene rings is 2. The van der Waals surface area contributed by atoms with Crippen LogP contribution in [0.5, 0.6) is 5.75 Å². The summed E-state index contributed by atoms with van der Waals surface area (Å²) in [7, 11) is 0. The lowest BCUT2D eigenvalue weighted by atomic mass is 9.79. The molecule has 5 heteroatoms. The molecule has 3 heterocycles. The Kier molecular flexibility index (Phi) is 4.80. The van der Waals surface area contributed by atoms with Crippen LogP contribution in [0.3, 0.4) is 0 Å². The summed E-state index contributed by atoms with van der Waals surface area (Å²) in [5.74, 6) is 0.951. The monoisotopic (exact) mass is 392 g/mol. The van der Waals surface area contributed by atoms with Crippen LogP contribution < -0.4 is 4.74 Å². The van der Waals surface area contributed by atoms with E-state index < -0.39 is 5.60 Å². The van der Waals surface area contributed by atoms with Crippen LogP contribution in [0.15, 0.2) is 48.5 Å². The average molecular weight is 392 g/mol. The van der Waals surface area contributed by atoms with Crippen molar-refractivity contribution in [1.29, 1.82) is 0 Å². The third-order valence-electron chi connectivity index (χ3n) is 6.79. The molecule has 0 radical (unpaired) electrons. The van der Waals surface area contributed by atoms with Crippen molar-refractivity contribution in [2.24, 2.45) is 0 Å². The van der Waals surface area contributed by atoms with E-state index in [0.717, 1.165) is 54.8 Å². The Morgan fingerprint density at radius 1 is 1.07 bits per heavy atom. The summed E-state index contributed by atoms with van der Waals surface area (Å²) in [4.78, 5) is 17.6. The van der Waals surface area contributed by atoms with Gasteiger partial charge in [-0.2, -0.15) is 0 Å². The SMILES string of the molecule is O=C(c1ccc2c(c1)CCO2)N1CC[C@](O)(c2ccccc2)[C@H](N2CCCC2)C1. The van der Waals surface area contributed by atoms with Crippen molar-refractivity contribution in [3.63, 3.8) is 0 Å². The van der Waals surface area contributed by atoms with Gasteiger partial charge in [-0.25, -0.2) is 0 Å². The number of piperidine rings is 1. The van der Waals surface area contributed by atoms with Crippen LogP contribution in [-0.4, -0.2) is 59.6 Å².